The Hall–Kier alpha value is -2.12. The molecule has 1 aromatic carbocycles. The first-order valence-electron chi connectivity index (χ1n) is 5.96. The fourth-order valence-electron chi connectivity index (χ4n) is 2.21. The molecule has 1 aliphatic heterocycles. The van der Waals surface area contributed by atoms with Crippen LogP contribution in [0.3, 0.4) is 0 Å². The van der Waals surface area contributed by atoms with Gasteiger partial charge in [-0.25, -0.2) is 4.79 Å². The van der Waals surface area contributed by atoms with E-state index in [1.807, 2.05) is 0 Å². The molecule has 0 bridgehead atoms. The van der Waals surface area contributed by atoms with Gasteiger partial charge in [0.15, 0.2) is 0 Å². The van der Waals surface area contributed by atoms with Gasteiger partial charge in [0.2, 0.25) is 0 Å². The Balaban J connectivity index is 2.20. The molecule has 1 unspecified atom stereocenters. The monoisotopic (exact) mass is 289 g/mol. The highest BCUT2D eigenvalue weighted by atomic mass is 19.4. The van der Waals surface area contributed by atoms with Gasteiger partial charge in [-0.15, -0.1) is 0 Å². The van der Waals surface area contributed by atoms with Crippen LogP contribution < -0.4 is 10.6 Å². The normalized spacial score (nSPS) is 20.1. The van der Waals surface area contributed by atoms with Crippen molar-refractivity contribution in [1.82, 2.24) is 4.90 Å². The molecule has 2 rings (SSSR count). The minimum atomic E-state index is -4.59. The number of carboxylic acid groups (broad SMARTS) is 1. The Morgan fingerprint density at radius 1 is 1.25 bits per heavy atom. The van der Waals surface area contributed by atoms with Gasteiger partial charge >= 0.3 is 12.3 Å². The number of nitrogens with two attached hydrogens (primary N) is 1. The van der Waals surface area contributed by atoms with Crippen LogP contribution >= 0.6 is 0 Å². The lowest BCUT2D eigenvalue weighted by Gasteiger charge is -2.41. The van der Waals surface area contributed by atoms with Gasteiger partial charge in [-0.3, -0.25) is 4.90 Å². The van der Waals surface area contributed by atoms with Crippen molar-refractivity contribution in [2.45, 2.75) is 12.2 Å². The topological polar surface area (TPSA) is 69.8 Å². The summed E-state index contributed by atoms with van der Waals surface area (Å²) in [5, 5.41) is 8.86. The number of nitrogens with zero attached hydrogens (tertiary/aromatic N) is 2. The molecule has 110 valence electrons. The quantitative estimate of drug-likeness (QED) is 0.776. The van der Waals surface area contributed by atoms with E-state index < -0.39 is 24.9 Å². The van der Waals surface area contributed by atoms with E-state index in [0.29, 0.717) is 16.3 Å². The second-order valence-electron chi connectivity index (χ2n) is 4.57. The molecule has 1 fully saturated rings. The van der Waals surface area contributed by atoms with Gasteiger partial charge in [0.1, 0.15) is 6.04 Å². The molecule has 0 saturated carbocycles. The van der Waals surface area contributed by atoms with Gasteiger partial charge in [0, 0.05) is 31.0 Å². The van der Waals surface area contributed by atoms with Gasteiger partial charge in [-0.05, 0) is 24.3 Å². The Bertz CT molecular complexity index is 490. The van der Waals surface area contributed by atoms with Crippen molar-refractivity contribution in [2.75, 3.05) is 30.3 Å². The largest absolute Gasteiger partial charge is 0.465 e. The maximum absolute atomic E-state index is 13.0. The number of anilines is 2. The number of nitrogen functional groups attached to an aromatic ring is 1. The summed E-state index contributed by atoms with van der Waals surface area (Å²) in [6.45, 7) is -0.396. The second kappa shape index (κ2) is 5.10. The molecule has 1 amide bonds. The first kappa shape index (κ1) is 14.3. The molecule has 5 nitrogen and oxygen atoms in total. The molecule has 0 radical (unpaired) electrons. The minimum absolute atomic E-state index is 0.191. The van der Waals surface area contributed by atoms with E-state index in [9.17, 15) is 18.0 Å². The Kier molecular flexibility index (Phi) is 3.65. The van der Waals surface area contributed by atoms with Crippen LogP contribution in [0.2, 0.25) is 0 Å². The molecule has 1 atom stereocenters. The van der Waals surface area contributed by atoms with Crippen LogP contribution in [0.15, 0.2) is 24.3 Å². The van der Waals surface area contributed by atoms with Crippen molar-refractivity contribution in [3.05, 3.63) is 24.3 Å². The number of hydrogen-bond donors (Lipinski definition) is 2. The summed E-state index contributed by atoms with van der Waals surface area (Å²) in [4.78, 5) is 12.8. The molecule has 0 aromatic heterocycles. The number of hydrogen-bond acceptors (Lipinski definition) is 3. The van der Waals surface area contributed by atoms with Crippen molar-refractivity contribution in [3.8, 4) is 0 Å². The van der Waals surface area contributed by atoms with Gasteiger partial charge < -0.3 is 15.7 Å². The zero-order valence-corrected chi connectivity index (χ0v) is 10.5. The standard InChI is InChI=1S/C12H14F3N3O2/c13-12(14,15)10-7-17(5-6-18(10)11(19)20)9-3-1-8(16)2-4-9/h1-4,10H,5-7,16H2,(H,19,20). The van der Waals surface area contributed by atoms with E-state index in [1.165, 1.54) is 4.90 Å². The van der Waals surface area contributed by atoms with Crippen LogP contribution in [0, 0.1) is 0 Å². The fourth-order valence-corrected chi connectivity index (χ4v) is 2.21. The minimum Gasteiger partial charge on any atom is -0.465 e. The molecule has 1 aliphatic rings. The first-order valence-corrected chi connectivity index (χ1v) is 5.96. The molecular formula is C12H14F3N3O2. The smallest absolute Gasteiger partial charge is 0.410 e. The summed E-state index contributed by atoms with van der Waals surface area (Å²) < 4.78 is 38.9. The van der Waals surface area contributed by atoms with Crippen molar-refractivity contribution >= 4 is 17.5 Å². The van der Waals surface area contributed by atoms with Crippen molar-refractivity contribution < 1.29 is 23.1 Å². The number of alkyl halides is 3. The molecule has 1 heterocycles. The van der Waals surface area contributed by atoms with E-state index in [-0.39, 0.29) is 13.1 Å². The summed E-state index contributed by atoms with van der Waals surface area (Å²) in [7, 11) is 0. The number of rotatable bonds is 1. The Morgan fingerprint density at radius 3 is 2.35 bits per heavy atom. The van der Waals surface area contributed by atoms with E-state index in [4.69, 9.17) is 10.8 Å². The second-order valence-corrected chi connectivity index (χ2v) is 4.57. The van der Waals surface area contributed by atoms with Crippen LogP contribution in [-0.4, -0.2) is 48.0 Å². The molecule has 1 saturated heterocycles. The third-order valence-corrected chi connectivity index (χ3v) is 3.26. The number of carbonyl (C=O) groups is 1. The van der Waals surface area contributed by atoms with Crippen LogP contribution in [0.5, 0.6) is 0 Å². The third-order valence-electron chi connectivity index (χ3n) is 3.26. The zero-order valence-electron chi connectivity index (χ0n) is 10.5. The average Bonchev–Trinajstić information content (AvgIpc) is 2.38. The lowest BCUT2D eigenvalue weighted by Crippen LogP contribution is -2.60. The molecule has 0 aliphatic carbocycles. The molecule has 1 aromatic rings. The Labute approximate surface area is 113 Å². The SMILES string of the molecule is Nc1ccc(N2CCN(C(=O)O)C(C(F)(F)F)C2)cc1. The molecule has 3 N–H and O–H groups in total. The molecule has 0 spiro atoms. The lowest BCUT2D eigenvalue weighted by atomic mass is 10.1. The highest BCUT2D eigenvalue weighted by molar-refractivity contribution is 5.66. The summed E-state index contributed by atoms with van der Waals surface area (Å²) in [6, 6.07) is 4.42. The number of halogens is 3. The summed E-state index contributed by atoms with van der Waals surface area (Å²) in [5.41, 5.74) is 6.64. The number of amides is 1. The Morgan fingerprint density at radius 2 is 1.85 bits per heavy atom. The summed E-state index contributed by atoms with van der Waals surface area (Å²) in [6.07, 6.45) is -6.14. The summed E-state index contributed by atoms with van der Waals surface area (Å²) >= 11 is 0. The van der Waals surface area contributed by atoms with E-state index >= 15 is 0 Å². The van der Waals surface area contributed by atoms with Crippen molar-refractivity contribution in [1.29, 1.82) is 0 Å². The average molecular weight is 289 g/mol. The molecular weight excluding hydrogens is 275 g/mol. The first-order chi connectivity index (χ1) is 9.29. The molecule has 20 heavy (non-hydrogen) atoms. The highest BCUT2D eigenvalue weighted by Crippen LogP contribution is 2.30. The van der Waals surface area contributed by atoms with Gasteiger partial charge in [-0.1, -0.05) is 0 Å². The van der Waals surface area contributed by atoms with E-state index in [2.05, 4.69) is 0 Å². The van der Waals surface area contributed by atoms with Gasteiger partial charge in [-0.2, -0.15) is 13.2 Å². The summed E-state index contributed by atoms with van der Waals surface area (Å²) in [5.74, 6) is 0. The lowest BCUT2D eigenvalue weighted by molar-refractivity contribution is -0.178. The predicted octanol–water partition coefficient (Wildman–Crippen LogP) is 2.00. The van der Waals surface area contributed by atoms with Crippen LogP contribution in [0.4, 0.5) is 29.3 Å². The maximum atomic E-state index is 13.0. The van der Waals surface area contributed by atoms with Crippen molar-refractivity contribution in [2.24, 2.45) is 0 Å². The molecule has 8 heteroatoms. The van der Waals surface area contributed by atoms with Crippen LogP contribution in [0.25, 0.3) is 0 Å². The number of benzene rings is 1. The van der Waals surface area contributed by atoms with Crippen molar-refractivity contribution in [3.63, 3.8) is 0 Å². The maximum Gasteiger partial charge on any atom is 0.410 e. The van der Waals surface area contributed by atoms with Gasteiger partial charge in [0.05, 0.1) is 0 Å². The zero-order chi connectivity index (χ0) is 14.9. The van der Waals surface area contributed by atoms with Crippen LogP contribution in [-0.2, 0) is 0 Å². The van der Waals surface area contributed by atoms with Crippen LogP contribution in [0.1, 0.15) is 0 Å². The number of piperazine rings is 1. The highest BCUT2D eigenvalue weighted by Gasteiger charge is 2.48. The third kappa shape index (κ3) is 2.89. The van der Waals surface area contributed by atoms with E-state index in [0.717, 1.165) is 0 Å². The van der Waals surface area contributed by atoms with Gasteiger partial charge in [0.25, 0.3) is 0 Å². The predicted molar refractivity (Wildman–Crippen MR) is 67.6 cm³/mol. The van der Waals surface area contributed by atoms with E-state index in [1.54, 1.807) is 24.3 Å². The fraction of sp³-hybridized carbons (Fsp3) is 0.417.